The number of esters is 1. The van der Waals surface area contributed by atoms with E-state index in [9.17, 15) is 4.79 Å². The van der Waals surface area contributed by atoms with Crippen LogP contribution in [0.5, 0.6) is 5.75 Å². The van der Waals surface area contributed by atoms with E-state index in [2.05, 4.69) is 27.3 Å². The fourth-order valence-corrected chi connectivity index (χ4v) is 3.00. The standard InChI is InChI=1S/C17H24BrNO2/c1-17(2,3)16(20)21-15-10-13(9-14(18)11-15)8-12-4-6-19-7-5-12/h9-12,19H,4-8H2,1-3H3. The second-order valence-corrected chi connectivity index (χ2v) is 7.75. The van der Waals surface area contributed by atoms with E-state index in [0.29, 0.717) is 11.7 Å². The van der Waals surface area contributed by atoms with Gasteiger partial charge in [0, 0.05) is 4.47 Å². The van der Waals surface area contributed by atoms with Gasteiger partial charge in [-0.15, -0.1) is 0 Å². The first-order valence-corrected chi connectivity index (χ1v) is 8.36. The molecule has 1 aliphatic heterocycles. The Labute approximate surface area is 135 Å². The summed E-state index contributed by atoms with van der Waals surface area (Å²) < 4.78 is 6.47. The minimum Gasteiger partial charge on any atom is -0.426 e. The molecule has 0 saturated carbocycles. The second-order valence-electron chi connectivity index (χ2n) is 6.83. The molecule has 1 aliphatic rings. The third-order valence-corrected chi connectivity index (χ3v) is 4.19. The van der Waals surface area contributed by atoms with Crippen LogP contribution in [-0.4, -0.2) is 19.1 Å². The van der Waals surface area contributed by atoms with Gasteiger partial charge in [0.15, 0.2) is 0 Å². The predicted molar refractivity (Wildman–Crippen MR) is 88.5 cm³/mol. The van der Waals surface area contributed by atoms with Crippen LogP contribution in [0, 0.1) is 11.3 Å². The van der Waals surface area contributed by atoms with E-state index in [1.165, 1.54) is 18.4 Å². The first-order chi connectivity index (χ1) is 9.84. The minimum absolute atomic E-state index is 0.201. The summed E-state index contributed by atoms with van der Waals surface area (Å²) >= 11 is 3.51. The van der Waals surface area contributed by atoms with Crippen LogP contribution in [0.15, 0.2) is 22.7 Å². The van der Waals surface area contributed by atoms with Gasteiger partial charge in [0.1, 0.15) is 5.75 Å². The maximum Gasteiger partial charge on any atom is 0.316 e. The van der Waals surface area contributed by atoms with Crippen LogP contribution >= 0.6 is 15.9 Å². The molecule has 0 amide bonds. The SMILES string of the molecule is CC(C)(C)C(=O)Oc1cc(Br)cc(CC2CCNCC2)c1. The van der Waals surface area contributed by atoms with Crippen LogP contribution in [0.2, 0.25) is 0 Å². The highest BCUT2D eigenvalue weighted by molar-refractivity contribution is 9.10. The van der Waals surface area contributed by atoms with E-state index < -0.39 is 5.41 Å². The molecular formula is C17H24BrNO2. The largest absolute Gasteiger partial charge is 0.426 e. The van der Waals surface area contributed by atoms with Gasteiger partial charge in [-0.25, -0.2) is 0 Å². The van der Waals surface area contributed by atoms with Gasteiger partial charge in [0.2, 0.25) is 0 Å². The molecule has 1 heterocycles. The van der Waals surface area contributed by atoms with E-state index in [-0.39, 0.29) is 5.97 Å². The average Bonchev–Trinajstić information content (AvgIpc) is 2.38. The maximum atomic E-state index is 12.0. The molecule has 4 heteroatoms. The van der Waals surface area contributed by atoms with Crippen molar-refractivity contribution in [3.8, 4) is 5.75 Å². The van der Waals surface area contributed by atoms with Gasteiger partial charge >= 0.3 is 5.97 Å². The van der Waals surface area contributed by atoms with Crippen molar-refractivity contribution in [3.05, 3.63) is 28.2 Å². The molecule has 1 aromatic carbocycles. The fraction of sp³-hybridized carbons (Fsp3) is 0.588. The molecule has 0 spiro atoms. The summed E-state index contributed by atoms with van der Waals surface area (Å²) in [5, 5.41) is 3.39. The lowest BCUT2D eigenvalue weighted by atomic mass is 9.91. The van der Waals surface area contributed by atoms with Crippen LogP contribution in [0.3, 0.4) is 0 Å². The maximum absolute atomic E-state index is 12.0. The summed E-state index contributed by atoms with van der Waals surface area (Å²) in [4.78, 5) is 12.0. The highest BCUT2D eigenvalue weighted by atomic mass is 79.9. The van der Waals surface area contributed by atoms with Gasteiger partial charge in [0.25, 0.3) is 0 Å². The molecule has 21 heavy (non-hydrogen) atoms. The molecule has 3 nitrogen and oxygen atoms in total. The van der Waals surface area contributed by atoms with E-state index >= 15 is 0 Å². The zero-order valence-electron chi connectivity index (χ0n) is 13.0. The van der Waals surface area contributed by atoms with Crippen LogP contribution in [-0.2, 0) is 11.2 Å². The summed E-state index contributed by atoms with van der Waals surface area (Å²) in [6.45, 7) is 7.80. The van der Waals surface area contributed by atoms with Crippen molar-refractivity contribution in [3.63, 3.8) is 0 Å². The van der Waals surface area contributed by atoms with Crippen molar-refractivity contribution in [2.45, 2.75) is 40.0 Å². The van der Waals surface area contributed by atoms with Gasteiger partial charge in [-0.2, -0.15) is 0 Å². The van der Waals surface area contributed by atoms with Crippen molar-refractivity contribution < 1.29 is 9.53 Å². The van der Waals surface area contributed by atoms with E-state index in [0.717, 1.165) is 24.0 Å². The summed E-state index contributed by atoms with van der Waals surface area (Å²) in [5.41, 5.74) is 0.741. The highest BCUT2D eigenvalue weighted by Crippen LogP contribution is 2.27. The number of carbonyl (C=O) groups is 1. The number of halogens is 1. The first kappa shape index (κ1) is 16.5. The van der Waals surface area contributed by atoms with Gasteiger partial charge in [-0.3, -0.25) is 4.79 Å². The quantitative estimate of drug-likeness (QED) is 0.660. The Kier molecular flexibility index (Phi) is 5.44. The summed E-state index contributed by atoms with van der Waals surface area (Å²) in [6.07, 6.45) is 3.47. The molecule has 2 rings (SSSR count). The average molecular weight is 354 g/mol. The van der Waals surface area contributed by atoms with Crippen LogP contribution in [0.4, 0.5) is 0 Å². The predicted octanol–water partition coefficient (Wildman–Crippen LogP) is 3.94. The lowest BCUT2D eigenvalue weighted by Crippen LogP contribution is -2.28. The number of carbonyl (C=O) groups excluding carboxylic acids is 1. The van der Waals surface area contributed by atoms with Gasteiger partial charge in [-0.1, -0.05) is 15.9 Å². The van der Waals surface area contributed by atoms with Crippen LogP contribution in [0.25, 0.3) is 0 Å². The molecule has 1 N–H and O–H groups in total. The summed E-state index contributed by atoms with van der Waals surface area (Å²) in [5.74, 6) is 1.15. The number of ether oxygens (including phenoxy) is 1. The Morgan fingerprint density at radius 3 is 2.57 bits per heavy atom. The number of piperidine rings is 1. The van der Waals surface area contributed by atoms with E-state index in [4.69, 9.17) is 4.74 Å². The fourth-order valence-electron chi connectivity index (χ4n) is 2.48. The summed E-state index contributed by atoms with van der Waals surface area (Å²) in [6, 6.07) is 5.97. The molecule has 1 saturated heterocycles. The van der Waals surface area contributed by atoms with Gasteiger partial charge < -0.3 is 10.1 Å². The molecule has 0 bridgehead atoms. The summed E-state index contributed by atoms with van der Waals surface area (Å²) in [7, 11) is 0. The second kappa shape index (κ2) is 6.93. The molecular weight excluding hydrogens is 330 g/mol. The Balaban J connectivity index is 2.07. The zero-order chi connectivity index (χ0) is 15.5. The van der Waals surface area contributed by atoms with Crippen molar-refractivity contribution >= 4 is 21.9 Å². The Bertz CT molecular complexity index is 502. The van der Waals surface area contributed by atoms with Crippen LogP contribution in [0.1, 0.15) is 39.2 Å². The van der Waals surface area contributed by atoms with Crippen molar-refractivity contribution in [1.82, 2.24) is 5.32 Å². The monoisotopic (exact) mass is 353 g/mol. The number of benzene rings is 1. The number of nitrogens with one attached hydrogen (secondary N) is 1. The van der Waals surface area contributed by atoms with Gasteiger partial charge in [-0.05, 0) is 82.8 Å². The normalized spacial score (nSPS) is 16.8. The number of hydrogen-bond donors (Lipinski definition) is 1. The topological polar surface area (TPSA) is 38.3 Å². The Morgan fingerprint density at radius 1 is 1.29 bits per heavy atom. The van der Waals surface area contributed by atoms with Crippen molar-refractivity contribution in [2.75, 3.05) is 13.1 Å². The molecule has 0 aromatic heterocycles. The molecule has 1 fully saturated rings. The minimum atomic E-state index is -0.489. The van der Waals surface area contributed by atoms with Crippen LogP contribution < -0.4 is 10.1 Å². The molecule has 0 radical (unpaired) electrons. The number of hydrogen-bond acceptors (Lipinski definition) is 3. The lowest BCUT2D eigenvalue weighted by molar-refractivity contribution is -0.143. The Hall–Kier alpha value is -0.870. The Morgan fingerprint density at radius 2 is 1.95 bits per heavy atom. The smallest absolute Gasteiger partial charge is 0.316 e. The van der Waals surface area contributed by atoms with Crippen molar-refractivity contribution in [2.24, 2.45) is 11.3 Å². The van der Waals surface area contributed by atoms with E-state index in [1.807, 2.05) is 32.9 Å². The molecule has 0 aliphatic carbocycles. The third-order valence-electron chi connectivity index (χ3n) is 3.74. The highest BCUT2D eigenvalue weighted by Gasteiger charge is 2.24. The lowest BCUT2D eigenvalue weighted by Gasteiger charge is -2.23. The van der Waals surface area contributed by atoms with E-state index in [1.54, 1.807) is 0 Å². The number of rotatable bonds is 3. The van der Waals surface area contributed by atoms with Gasteiger partial charge in [0.05, 0.1) is 5.41 Å². The first-order valence-electron chi connectivity index (χ1n) is 7.57. The molecule has 0 atom stereocenters. The molecule has 0 unspecified atom stereocenters. The van der Waals surface area contributed by atoms with Crippen molar-refractivity contribution in [1.29, 1.82) is 0 Å². The molecule has 1 aromatic rings. The third kappa shape index (κ3) is 5.11. The molecule has 116 valence electrons. The zero-order valence-corrected chi connectivity index (χ0v) is 14.6.